The minimum Gasteiger partial charge on any atom is -0.309 e. The second-order valence-corrected chi connectivity index (χ2v) is 6.14. The normalized spacial score (nSPS) is 13.2. The molecule has 0 aliphatic heterocycles. The van der Waals surface area contributed by atoms with Gasteiger partial charge in [-0.1, -0.05) is 33.6 Å². The van der Waals surface area contributed by atoms with Crippen LogP contribution in [-0.2, 0) is 13.0 Å². The Bertz CT molecular complexity index is 307. The van der Waals surface area contributed by atoms with E-state index in [9.17, 15) is 0 Å². The third-order valence-electron chi connectivity index (χ3n) is 2.95. The van der Waals surface area contributed by atoms with Gasteiger partial charge in [0.25, 0.3) is 0 Å². The minimum atomic E-state index is 0.598. The highest BCUT2D eigenvalue weighted by Crippen LogP contribution is 2.11. The van der Waals surface area contributed by atoms with Crippen molar-refractivity contribution in [1.29, 1.82) is 0 Å². The molecule has 1 unspecified atom stereocenters. The molecule has 0 saturated heterocycles. The molecule has 17 heavy (non-hydrogen) atoms. The summed E-state index contributed by atoms with van der Waals surface area (Å²) < 4.78 is 0. The van der Waals surface area contributed by atoms with Gasteiger partial charge in [0.05, 0.1) is 10.7 Å². The van der Waals surface area contributed by atoms with Crippen LogP contribution in [0.15, 0.2) is 5.38 Å². The minimum absolute atomic E-state index is 0.598. The van der Waals surface area contributed by atoms with E-state index in [0.717, 1.165) is 18.9 Å². The molecule has 0 amide bonds. The van der Waals surface area contributed by atoms with Gasteiger partial charge in [-0.2, -0.15) is 0 Å². The van der Waals surface area contributed by atoms with Gasteiger partial charge in [0.2, 0.25) is 0 Å². The summed E-state index contributed by atoms with van der Waals surface area (Å²) in [7, 11) is 0. The van der Waals surface area contributed by atoms with Gasteiger partial charge < -0.3 is 5.32 Å². The molecule has 0 aliphatic carbocycles. The zero-order chi connectivity index (χ0) is 12.7. The molecule has 0 radical (unpaired) electrons. The first-order valence-corrected chi connectivity index (χ1v) is 7.66. The summed E-state index contributed by atoms with van der Waals surface area (Å²) in [5.74, 6) is 0.827. The smallest absolute Gasteiger partial charge is 0.0926 e. The van der Waals surface area contributed by atoms with Crippen LogP contribution in [-0.4, -0.2) is 11.0 Å². The molecule has 1 heterocycles. The van der Waals surface area contributed by atoms with E-state index < -0.39 is 0 Å². The molecule has 1 atom stereocenters. The van der Waals surface area contributed by atoms with Crippen molar-refractivity contribution in [1.82, 2.24) is 10.3 Å². The van der Waals surface area contributed by atoms with Crippen molar-refractivity contribution < 1.29 is 0 Å². The maximum atomic E-state index is 4.57. The molecule has 0 aliphatic rings. The van der Waals surface area contributed by atoms with Crippen molar-refractivity contribution in [3.63, 3.8) is 0 Å². The summed E-state index contributed by atoms with van der Waals surface area (Å²) in [6, 6.07) is 0.598. The Morgan fingerprint density at radius 1 is 1.29 bits per heavy atom. The number of hydrogen-bond donors (Lipinski definition) is 1. The van der Waals surface area contributed by atoms with Gasteiger partial charge in [-0.25, -0.2) is 4.98 Å². The largest absolute Gasteiger partial charge is 0.309 e. The van der Waals surface area contributed by atoms with Gasteiger partial charge in [0.15, 0.2) is 0 Å². The van der Waals surface area contributed by atoms with Crippen LogP contribution in [0.5, 0.6) is 0 Å². The van der Waals surface area contributed by atoms with Gasteiger partial charge >= 0.3 is 0 Å². The predicted octanol–water partition coefficient (Wildman–Crippen LogP) is 4.01. The lowest BCUT2D eigenvalue weighted by molar-refractivity contribution is 0.455. The molecular formula is C14H26N2S. The van der Waals surface area contributed by atoms with Crippen molar-refractivity contribution in [3.05, 3.63) is 16.1 Å². The Labute approximate surface area is 110 Å². The molecule has 1 aromatic rings. The van der Waals surface area contributed by atoms with Crippen LogP contribution in [0.4, 0.5) is 0 Å². The van der Waals surface area contributed by atoms with E-state index in [1.165, 1.54) is 30.0 Å². The zero-order valence-corrected chi connectivity index (χ0v) is 12.4. The Morgan fingerprint density at radius 3 is 2.65 bits per heavy atom. The maximum absolute atomic E-state index is 4.57. The Balaban J connectivity index is 2.16. The van der Waals surface area contributed by atoms with E-state index in [1.54, 1.807) is 11.3 Å². The zero-order valence-electron chi connectivity index (χ0n) is 11.6. The maximum Gasteiger partial charge on any atom is 0.0926 e. The first-order valence-electron chi connectivity index (χ1n) is 6.78. The van der Waals surface area contributed by atoms with E-state index in [4.69, 9.17) is 0 Å². The first kappa shape index (κ1) is 14.7. The predicted molar refractivity (Wildman–Crippen MR) is 76.5 cm³/mol. The van der Waals surface area contributed by atoms with Crippen LogP contribution in [0.1, 0.15) is 57.7 Å². The summed E-state index contributed by atoms with van der Waals surface area (Å²) in [5, 5.41) is 6.97. The Hall–Kier alpha value is -0.410. The second kappa shape index (κ2) is 7.83. The topological polar surface area (TPSA) is 24.9 Å². The molecule has 0 spiro atoms. The van der Waals surface area contributed by atoms with Crippen LogP contribution in [0.25, 0.3) is 0 Å². The third kappa shape index (κ3) is 6.18. The molecule has 1 N–H and O–H groups in total. The van der Waals surface area contributed by atoms with E-state index in [1.807, 2.05) is 0 Å². The van der Waals surface area contributed by atoms with Crippen molar-refractivity contribution in [3.8, 4) is 0 Å². The van der Waals surface area contributed by atoms with E-state index in [2.05, 4.69) is 43.4 Å². The lowest BCUT2D eigenvalue weighted by atomic mass is 10.0. The van der Waals surface area contributed by atoms with Crippen LogP contribution < -0.4 is 5.32 Å². The van der Waals surface area contributed by atoms with Crippen LogP contribution >= 0.6 is 11.3 Å². The van der Waals surface area contributed by atoms with Gasteiger partial charge in [0, 0.05) is 18.0 Å². The number of nitrogens with one attached hydrogen (secondary N) is 1. The highest BCUT2D eigenvalue weighted by Gasteiger charge is 2.04. The SMILES string of the molecule is CCc1nc(CNC(C)CCCC(C)C)cs1. The van der Waals surface area contributed by atoms with Gasteiger partial charge in [-0.3, -0.25) is 0 Å². The third-order valence-corrected chi connectivity index (χ3v) is 3.99. The summed E-state index contributed by atoms with van der Waals surface area (Å²) in [6.07, 6.45) is 4.98. The monoisotopic (exact) mass is 254 g/mol. The summed E-state index contributed by atoms with van der Waals surface area (Å²) >= 11 is 1.77. The fourth-order valence-electron chi connectivity index (χ4n) is 1.81. The summed E-state index contributed by atoms with van der Waals surface area (Å²) in [6.45, 7) is 9.93. The van der Waals surface area contributed by atoms with E-state index >= 15 is 0 Å². The number of nitrogens with zero attached hydrogens (tertiary/aromatic N) is 1. The van der Waals surface area contributed by atoms with E-state index in [0.29, 0.717) is 6.04 Å². The molecule has 1 aromatic heterocycles. The van der Waals surface area contributed by atoms with Gasteiger partial charge in [-0.05, 0) is 25.7 Å². The number of aryl methyl sites for hydroxylation is 1. The molecule has 0 fully saturated rings. The number of aromatic nitrogens is 1. The van der Waals surface area contributed by atoms with Crippen molar-refractivity contribution in [2.75, 3.05) is 0 Å². The molecule has 0 bridgehead atoms. The molecule has 3 heteroatoms. The summed E-state index contributed by atoms with van der Waals surface area (Å²) in [5.41, 5.74) is 1.20. The van der Waals surface area contributed by atoms with Crippen LogP contribution in [0, 0.1) is 5.92 Å². The van der Waals surface area contributed by atoms with Crippen LogP contribution in [0.3, 0.4) is 0 Å². The summed E-state index contributed by atoms with van der Waals surface area (Å²) in [4.78, 5) is 4.57. The van der Waals surface area contributed by atoms with Gasteiger partial charge in [0.1, 0.15) is 0 Å². The van der Waals surface area contributed by atoms with Gasteiger partial charge in [-0.15, -0.1) is 11.3 Å². The van der Waals surface area contributed by atoms with E-state index in [-0.39, 0.29) is 0 Å². The van der Waals surface area contributed by atoms with Crippen molar-refractivity contribution >= 4 is 11.3 Å². The standard InChI is InChI=1S/C14H26N2S/c1-5-14-16-13(10-17-14)9-15-12(4)8-6-7-11(2)3/h10-12,15H,5-9H2,1-4H3. The number of thiazole rings is 1. The first-order chi connectivity index (χ1) is 8.11. The Kier molecular flexibility index (Phi) is 6.75. The van der Waals surface area contributed by atoms with Crippen molar-refractivity contribution in [2.45, 2.75) is 66.0 Å². The molecule has 98 valence electrons. The molecular weight excluding hydrogens is 228 g/mol. The molecule has 1 rings (SSSR count). The number of rotatable bonds is 8. The lowest BCUT2D eigenvalue weighted by Crippen LogP contribution is -2.25. The fraction of sp³-hybridized carbons (Fsp3) is 0.786. The highest BCUT2D eigenvalue weighted by atomic mass is 32.1. The number of hydrogen-bond acceptors (Lipinski definition) is 3. The fourth-order valence-corrected chi connectivity index (χ4v) is 2.55. The molecule has 2 nitrogen and oxygen atoms in total. The Morgan fingerprint density at radius 2 is 2.06 bits per heavy atom. The van der Waals surface area contributed by atoms with Crippen molar-refractivity contribution in [2.24, 2.45) is 5.92 Å². The van der Waals surface area contributed by atoms with Crippen LogP contribution in [0.2, 0.25) is 0 Å². The lowest BCUT2D eigenvalue weighted by Gasteiger charge is -2.13. The molecule has 0 saturated carbocycles. The quantitative estimate of drug-likeness (QED) is 0.758. The second-order valence-electron chi connectivity index (χ2n) is 5.19. The highest BCUT2D eigenvalue weighted by molar-refractivity contribution is 7.09. The average Bonchev–Trinajstić information content (AvgIpc) is 2.73. The molecule has 0 aromatic carbocycles. The average molecular weight is 254 g/mol.